The molecule has 0 radical (unpaired) electrons. The Bertz CT molecular complexity index is 1790. The van der Waals surface area contributed by atoms with Crippen molar-refractivity contribution in [2.75, 3.05) is 13.1 Å². The lowest BCUT2D eigenvalue weighted by molar-refractivity contribution is -0.144. The van der Waals surface area contributed by atoms with E-state index in [2.05, 4.69) is 26.3 Å². The van der Waals surface area contributed by atoms with Crippen LogP contribution in [-0.4, -0.2) is 169 Å². The molecular weight excluding hydrogens is 842 g/mol. The van der Waals surface area contributed by atoms with E-state index in [1.54, 1.807) is 6.21 Å². The maximum atomic E-state index is 14.0. The van der Waals surface area contributed by atoms with Gasteiger partial charge in [-0.2, -0.15) is 0 Å². The van der Waals surface area contributed by atoms with Gasteiger partial charge in [0.1, 0.15) is 42.3 Å². The minimum atomic E-state index is -1.97. The number of nitrogens with two attached hydrogens (primary N) is 1. The fourth-order valence-electron chi connectivity index (χ4n) is 6.55. The molecule has 0 aliphatic carbocycles. The SMILES string of the molecule is C[C@H](NC(=O)[C@H](CC(=O)O)NC(=O)[C@H](CCC(=O)O)NC(=O)[C@H](CC(=O)O)NC(=O)[C@@H]1CCCN1C(=O)[C@H](CCCCNC(=O)[C@@H]1N=CC[C@H]1C)NC(=O)[C@@H](N)CC(=O)O)C(=O)O. The highest BCUT2D eigenvalue weighted by Gasteiger charge is 2.40. The molecule has 0 spiro atoms. The number of carbonyl (C=O) groups excluding carboxylic acids is 7. The van der Waals surface area contributed by atoms with Crippen LogP contribution in [0.1, 0.15) is 84.5 Å². The number of aliphatic carboxylic acids is 5. The van der Waals surface area contributed by atoms with E-state index in [-0.39, 0.29) is 50.6 Å². The molecule has 0 bridgehead atoms. The van der Waals surface area contributed by atoms with Gasteiger partial charge in [-0.25, -0.2) is 0 Å². The van der Waals surface area contributed by atoms with Crippen molar-refractivity contribution >= 4 is 77.4 Å². The van der Waals surface area contributed by atoms with E-state index in [9.17, 15) is 72.9 Å². The van der Waals surface area contributed by atoms with Gasteiger partial charge in [0.05, 0.1) is 25.3 Å². The fraction of sp³-hybridized carbons (Fsp3) is 0.649. The zero-order chi connectivity index (χ0) is 47.6. The molecule has 2 rings (SSSR count). The van der Waals surface area contributed by atoms with E-state index in [1.807, 2.05) is 17.6 Å². The first-order valence-electron chi connectivity index (χ1n) is 20.0. The first kappa shape index (κ1) is 52.4. The monoisotopic (exact) mass is 897 g/mol. The number of nitrogens with zero attached hydrogens (tertiary/aromatic N) is 2. The van der Waals surface area contributed by atoms with Gasteiger partial charge in [0.25, 0.3) is 0 Å². The summed E-state index contributed by atoms with van der Waals surface area (Å²) < 4.78 is 0. The minimum absolute atomic E-state index is 0.0105. The minimum Gasteiger partial charge on any atom is -0.481 e. The van der Waals surface area contributed by atoms with Crippen LogP contribution in [0.4, 0.5) is 0 Å². The van der Waals surface area contributed by atoms with Gasteiger partial charge >= 0.3 is 29.8 Å². The predicted molar refractivity (Wildman–Crippen MR) is 212 cm³/mol. The van der Waals surface area contributed by atoms with Crippen LogP contribution in [0, 0.1) is 5.92 Å². The summed E-state index contributed by atoms with van der Waals surface area (Å²) in [6.45, 7) is 3.06. The molecule has 0 aromatic rings. The lowest BCUT2D eigenvalue weighted by Gasteiger charge is -2.30. The summed E-state index contributed by atoms with van der Waals surface area (Å²) in [6.07, 6.45) is -1.39. The van der Waals surface area contributed by atoms with Gasteiger partial charge in [0.15, 0.2) is 0 Å². The first-order chi connectivity index (χ1) is 29.5. The highest BCUT2D eigenvalue weighted by molar-refractivity contribution is 5.99. The van der Waals surface area contributed by atoms with Crippen molar-refractivity contribution in [3.05, 3.63) is 0 Å². The Morgan fingerprint density at radius 2 is 1.24 bits per heavy atom. The van der Waals surface area contributed by atoms with Crippen LogP contribution in [0.3, 0.4) is 0 Å². The number of hydrogen-bond donors (Lipinski definition) is 12. The zero-order valence-corrected chi connectivity index (χ0v) is 34.6. The molecule has 26 heteroatoms. The Kier molecular flexibility index (Phi) is 21.0. The van der Waals surface area contributed by atoms with Crippen molar-refractivity contribution in [1.82, 2.24) is 36.8 Å². The molecular formula is C37H55N9O17. The molecule has 7 amide bonds. The molecule has 1 saturated heterocycles. The number of hydrogen-bond acceptors (Lipinski definition) is 14. The number of nitrogens with one attached hydrogen (secondary N) is 6. The first-order valence-corrected chi connectivity index (χ1v) is 20.0. The van der Waals surface area contributed by atoms with E-state index in [0.717, 1.165) is 11.8 Å². The molecule has 0 aromatic carbocycles. The smallest absolute Gasteiger partial charge is 0.325 e. The second kappa shape index (κ2) is 25.3. The fourth-order valence-corrected chi connectivity index (χ4v) is 6.55. The zero-order valence-electron chi connectivity index (χ0n) is 34.6. The maximum absolute atomic E-state index is 14.0. The van der Waals surface area contributed by atoms with Crippen molar-refractivity contribution in [3.8, 4) is 0 Å². The number of carboxylic acids is 5. The number of rotatable bonds is 27. The Morgan fingerprint density at radius 3 is 1.79 bits per heavy atom. The van der Waals surface area contributed by atoms with Crippen LogP contribution in [-0.2, 0) is 57.5 Å². The van der Waals surface area contributed by atoms with Crippen LogP contribution in [0.5, 0.6) is 0 Å². The van der Waals surface area contributed by atoms with E-state index in [1.165, 1.54) is 0 Å². The Hall–Kier alpha value is -6.73. The third kappa shape index (κ3) is 17.6. The second-order valence-electron chi connectivity index (χ2n) is 15.1. The molecule has 63 heavy (non-hydrogen) atoms. The maximum Gasteiger partial charge on any atom is 0.325 e. The van der Waals surface area contributed by atoms with Gasteiger partial charge in [-0.1, -0.05) is 6.92 Å². The largest absolute Gasteiger partial charge is 0.481 e. The number of carbonyl (C=O) groups is 12. The van der Waals surface area contributed by atoms with E-state index in [0.29, 0.717) is 12.8 Å². The molecule has 2 aliphatic heterocycles. The van der Waals surface area contributed by atoms with Crippen molar-refractivity contribution in [2.45, 2.75) is 133 Å². The molecule has 2 heterocycles. The van der Waals surface area contributed by atoms with E-state index >= 15 is 0 Å². The van der Waals surface area contributed by atoms with Crippen LogP contribution < -0.4 is 37.6 Å². The van der Waals surface area contributed by atoms with Crippen LogP contribution >= 0.6 is 0 Å². The lowest BCUT2D eigenvalue weighted by atomic mass is 10.0. The Balaban J connectivity index is 2.27. The summed E-state index contributed by atoms with van der Waals surface area (Å²) in [5.41, 5.74) is 5.73. The summed E-state index contributed by atoms with van der Waals surface area (Å²) in [7, 11) is 0. The number of carboxylic acid groups (broad SMARTS) is 5. The van der Waals surface area contributed by atoms with Crippen LogP contribution in [0.2, 0.25) is 0 Å². The summed E-state index contributed by atoms with van der Waals surface area (Å²) in [4.78, 5) is 155. The summed E-state index contributed by atoms with van der Waals surface area (Å²) in [6, 6.07) is -12.1. The van der Waals surface area contributed by atoms with Crippen molar-refractivity contribution in [1.29, 1.82) is 0 Å². The van der Waals surface area contributed by atoms with Gasteiger partial charge in [0, 0.05) is 25.7 Å². The molecule has 26 nitrogen and oxygen atoms in total. The highest BCUT2D eigenvalue weighted by Crippen LogP contribution is 2.21. The summed E-state index contributed by atoms with van der Waals surface area (Å²) >= 11 is 0. The van der Waals surface area contributed by atoms with Gasteiger partial charge < -0.3 is 68.1 Å². The number of likely N-dealkylation sites (tertiary alicyclic amines) is 1. The number of amides is 7. The lowest BCUT2D eigenvalue weighted by Crippen LogP contribution is -2.60. The quantitative estimate of drug-likeness (QED) is 0.0349. The Morgan fingerprint density at radius 1 is 0.683 bits per heavy atom. The standard InChI is InChI=1S/C37H55N9O17/c1-17-10-12-39-29(17)35(60)40-11-4-3-6-21(43-30(55)19(38)14-26(49)50)36(61)46-13-5-7-24(46)34(59)45-23(16-28(53)54)33(58)42-20(8-9-25(47)48)31(56)44-22(15-27(51)52)32(57)41-18(2)37(62)63/h12,17-24,29H,3-11,13-16,38H2,1-2H3,(H,40,60)(H,41,57)(H,42,58)(H,43,55)(H,44,56)(H,45,59)(H,47,48)(H,49,50)(H,51,52)(H,53,54)(H,62,63)/t17-,18+,19+,20+,21+,22+,23+,24+,29-/m1/s1. The van der Waals surface area contributed by atoms with E-state index in [4.69, 9.17) is 15.9 Å². The van der Waals surface area contributed by atoms with Gasteiger partial charge in [0.2, 0.25) is 41.4 Å². The molecule has 13 N–H and O–H groups in total. The van der Waals surface area contributed by atoms with Crippen LogP contribution in [0.15, 0.2) is 4.99 Å². The van der Waals surface area contributed by atoms with Crippen molar-refractivity contribution in [2.24, 2.45) is 16.6 Å². The second-order valence-corrected chi connectivity index (χ2v) is 15.1. The predicted octanol–water partition coefficient (Wildman–Crippen LogP) is -4.11. The molecule has 2 aliphatic rings. The third-order valence-electron chi connectivity index (χ3n) is 9.99. The summed E-state index contributed by atoms with van der Waals surface area (Å²) in [5, 5.41) is 59.9. The summed E-state index contributed by atoms with van der Waals surface area (Å²) in [5.74, 6) is -14.6. The van der Waals surface area contributed by atoms with E-state index < -0.39 is 146 Å². The Labute approximate surface area is 359 Å². The average molecular weight is 898 g/mol. The van der Waals surface area contributed by atoms with Crippen molar-refractivity contribution in [3.63, 3.8) is 0 Å². The molecule has 0 aromatic heterocycles. The molecule has 1 fully saturated rings. The third-order valence-corrected chi connectivity index (χ3v) is 9.99. The van der Waals surface area contributed by atoms with Crippen molar-refractivity contribution < 1.29 is 83.1 Å². The molecule has 0 saturated carbocycles. The number of aliphatic imine (C=N–C) groups is 1. The average Bonchev–Trinajstić information content (AvgIpc) is 3.86. The van der Waals surface area contributed by atoms with Gasteiger partial charge in [-0.15, -0.1) is 0 Å². The van der Waals surface area contributed by atoms with Gasteiger partial charge in [-0.05, 0) is 57.8 Å². The normalized spacial score (nSPS) is 19.5. The highest BCUT2D eigenvalue weighted by atomic mass is 16.4. The molecule has 9 atom stereocenters. The van der Waals surface area contributed by atoms with Crippen LogP contribution in [0.25, 0.3) is 0 Å². The topological polar surface area (TPSA) is 420 Å². The molecule has 350 valence electrons. The van der Waals surface area contributed by atoms with Gasteiger partial charge in [-0.3, -0.25) is 62.5 Å². The molecule has 0 unspecified atom stereocenters. The number of unbranched alkanes of at least 4 members (excludes halogenated alkanes) is 1.